The molecule has 0 aliphatic rings. The van der Waals surface area contributed by atoms with Crippen molar-refractivity contribution in [1.82, 2.24) is 0 Å². The number of esters is 1. The van der Waals surface area contributed by atoms with Crippen LogP contribution in [-0.4, -0.2) is 19.3 Å². The van der Waals surface area contributed by atoms with Gasteiger partial charge in [0.25, 0.3) is 0 Å². The largest absolute Gasteiger partial charge is 0.497 e. The van der Waals surface area contributed by atoms with Gasteiger partial charge in [0.2, 0.25) is 0 Å². The Labute approximate surface area is 150 Å². The van der Waals surface area contributed by atoms with Crippen LogP contribution in [0.1, 0.15) is 44.2 Å². The molecular formula is C21H27NO3. The first-order valence-corrected chi connectivity index (χ1v) is 8.59. The fraction of sp³-hybridized carbons (Fsp3) is 0.381. The number of hydrogen-bond acceptors (Lipinski definition) is 4. The zero-order chi connectivity index (χ0) is 18.4. The molecule has 2 N–H and O–H groups in total. The van der Waals surface area contributed by atoms with Gasteiger partial charge in [-0.3, -0.25) is 10.5 Å². The minimum absolute atomic E-state index is 0.0729. The van der Waals surface area contributed by atoms with Crippen LogP contribution in [0.15, 0.2) is 54.6 Å². The molecule has 134 valence electrons. The lowest BCUT2D eigenvalue weighted by molar-refractivity contribution is -0.155. The number of carbonyl (C=O) groups is 1. The smallest absolute Gasteiger partial charge is 0.318 e. The lowest BCUT2D eigenvalue weighted by Gasteiger charge is -2.36. The second-order valence-electron chi connectivity index (χ2n) is 6.42. The van der Waals surface area contributed by atoms with Gasteiger partial charge in [0.15, 0.2) is 0 Å². The molecule has 0 aliphatic carbocycles. The van der Waals surface area contributed by atoms with Crippen LogP contribution < -0.4 is 10.5 Å². The molecule has 2 aromatic rings. The zero-order valence-electron chi connectivity index (χ0n) is 15.4. The lowest BCUT2D eigenvalue weighted by Crippen LogP contribution is -2.43. The van der Waals surface area contributed by atoms with Crippen LogP contribution in [0.4, 0.5) is 0 Å². The monoisotopic (exact) mass is 341 g/mol. The number of methoxy groups -OCH3 is 1. The highest BCUT2D eigenvalue weighted by atomic mass is 16.6. The highest BCUT2D eigenvalue weighted by molar-refractivity contribution is 5.84. The third-order valence-corrected chi connectivity index (χ3v) is 4.69. The van der Waals surface area contributed by atoms with Crippen molar-refractivity contribution in [3.63, 3.8) is 0 Å². The summed E-state index contributed by atoms with van der Waals surface area (Å²) in [6, 6.07) is 17.6. The second kappa shape index (κ2) is 8.17. The van der Waals surface area contributed by atoms with E-state index in [-0.39, 0.29) is 11.9 Å². The van der Waals surface area contributed by atoms with Gasteiger partial charge in [0.05, 0.1) is 12.5 Å². The molecule has 2 rings (SSSR count). The van der Waals surface area contributed by atoms with Crippen LogP contribution in [0.25, 0.3) is 0 Å². The summed E-state index contributed by atoms with van der Waals surface area (Å²) in [5, 5.41) is 0. The Morgan fingerprint density at radius 3 is 2.40 bits per heavy atom. The van der Waals surface area contributed by atoms with Gasteiger partial charge < -0.3 is 9.47 Å². The molecule has 0 spiro atoms. The number of rotatable bonds is 7. The maximum atomic E-state index is 13.1. The fourth-order valence-corrected chi connectivity index (χ4v) is 3.37. The topological polar surface area (TPSA) is 61.5 Å². The van der Waals surface area contributed by atoms with Crippen molar-refractivity contribution in [3.8, 4) is 5.75 Å². The third kappa shape index (κ3) is 4.02. The standard InChI is InChI=1S/C21H27NO3/c1-5-19(16-10-9-13-18(14-16)24-4)21(3,20(23)25-15(2)22)17-11-7-6-8-12-17/h6-15,19H,5,22H2,1-4H3. The van der Waals surface area contributed by atoms with Crippen molar-refractivity contribution < 1.29 is 14.3 Å². The number of hydrogen-bond donors (Lipinski definition) is 1. The van der Waals surface area contributed by atoms with Gasteiger partial charge in [-0.15, -0.1) is 0 Å². The van der Waals surface area contributed by atoms with E-state index in [2.05, 4.69) is 6.92 Å². The SMILES string of the molecule is CCC(c1cccc(OC)c1)C(C)(C(=O)OC(C)N)c1ccccc1. The number of benzene rings is 2. The summed E-state index contributed by atoms with van der Waals surface area (Å²) in [5.74, 6) is 0.381. The van der Waals surface area contributed by atoms with Crippen LogP contribution in [-0.2, 0) is 14.9 Å². The Hall–Kier alpha value is -2.33. The van der Waals surface area contributed by atoms with Gasteiger partial charge in [-0.25, -0.2) is 0 Å². The molecule has 0 aliphatic heterocycles. The summed E-state index contributed by atoms with van der Waals surface area (Å²) in [6.45, 7) is 5.67. The summed E-state index contributed by atoms with van der Waals surface area (Å²) in [4.78, 5) is 13.1. The first-order chi connectivity index (χ1) is 11.9. The molecule has 4 heteroatoms. The minimum Gasteiger partial charge on any atom is -0.497 e. The van der Waals surface area contributed by atoms with Crippen LogP contribution in [0.2, 0.25) is 0 Å². The first-order valence-electron chi connectivity index (χ1n) is 8.59. The molecule has 4 nitrogen and oxygen atoms in total. The Bertz CT molecular complexity index is 699. The molecule has 2 aromatic carbocycles. The maximum absolute atomic E-state index is 13.1. The van der Waals surface area contributed by atoms with Crippen molar-refractivity contribution in [2.45, 2.75) is 44.8 Å². The number of ether oxygens (including phenoxy) is 2. The molecule has 25 heavy (non-hydrogen) atoms. The highest BCUT2D eigenvalue weighted by Crippen LogP contribution is 2.43. The van der Waals surface area contributed by atoms with Crippen molar-refractivity contribution in [3.05, 3.63) is 65.7 Å². The van der Waals surface area contributed by atoms with Gasteiger partial charge in [-0.1, -0.05) is 49.4 Å². The maximum Gasteiger partial charge on any atom is 0.318 e. The summed E-state index contributed by atoms with van der Waals surface area (Å²) in [5.41, 5.74) is 6.83. The van der Waals surface area contributed by atoms with E-state index >= 15 is 0 Å². The van der Waals surface area contributed by atoms with E-state index < -0.39 is 11.6 Å². The fourth-order valence-electron chi connectivity index (χ4n) is 3.37. The van der Waals surface area contributed by atoms with Crippen molar-refractivity contribution in [2.75, 3.05) is 7.11 Å². The molecule has 0 fully saturated rings. The average Bonchev–Trinajstić information content (AvgIpc) is 2.62. The first kappa shape index (κ1) is 19.0. The molecule has 0 bridgehead atoms. The minimum atomic E-state index is -0.851. The molecule has 0 amide bonds. The molecule has 3 unspecified atom stereocenters. The van der Waals surface area contributed by atoms with Gasteiger partial charge in [-0.2, -0.15) is 0 Å². The quantitative estimate of drug-likeness (QED) is 0.611. The molecule has 0 heterocycles. The third-order valence-electron chi connectivity index (χ3n) is 4.69. The van der Waals surface area contributed by atoms with Crippen LogP contribution in [0.5, 0.6) is 5.75 Å². The van der Waals surface area contributed by atoms with Gasteiger partial charge >= 0.3 is 5.97 Å². The zero-order valence-corrected chi connectivity index (χ0v) is 15.4. The Morgan fingerprint density at radius 2 is 1.84 bits per heavy atom. The van der Waals surface area contributed by atoms with Crippen molar-refractivity contribution in [2.24, 2.45) is 5.73 Å². The van der Waals surface area contributed by atoms with E-state index in [0.29, 0.717) is 0 Å². The molecule has 0 saturated carbocycles. The molecule has 0 radical (unpaired) electrons. The summed E-state index contributed by atoms with van der Waals surface area (Å²) < 4.78 is 10.8. The summed E-state index contributed by atoms with van der Waals surface area (Å²) in [7, 11) is 1.64. The van der Waals surface area contributed by atoms with Gasteiger partial charge in [0, 0.05) is 5.92 Å². The van der Waals surface area contributed by atoms with Crippen LogP contribution in [0, 0.1) is 0 Å². The molecular weight excluding hydrogens is 314 g/mol. The van der Waals surface area contributed by atoms with Crippen LogP contribution in [0.3, 0.4) is 0 Å². The Morgan fingerprint density at radius 1 is 1.16 bits per heavy atom. The Kier molecular flexibility index (Phi) is 6.21. The molecule has 0 saturated heterocycles. The lowest BCUT2D eigenvalue weighted by atomic mass is 9.67. The van der Waals surface area contributed by atoms with Gasteiger partial charge in [0.1, 0.15) is 12.0 Å². The van der Waals surface area contributed by atoms with Gasteiger partial charge in [-0.05, 0) is 43.5 Å². The van der Waals surface area contributed by atoms with E-state index in [4.69, 9.17) is 15.2 Å². The van der Waals surface area contributed by atoms with E-state index in [1.807, 2.05) is 61.5 Å². The molecule has 3 atom stereocenters. The van der Waals surface area contributed by atoms with E-state index in [0.717, 1.165) is 23.3 Å². The van der Waals surface area contributed by atoms with E-state index in [1.54, 1.807) is 14.0 Å². The van der Waals surface area contributed by atoms with Crippen molar-refractivity contribution >= 4 is 5.97 Å². The molecule has 0 aromatic heterocycles. The van der Waals surface area contributed by atoms with E-state index in [1.165, 1.54) is 0 Å². The second-order valence-corrected chi connectivity index (χ2v) is 6.42. The van der Waals surface area contributed by atoms with Crippen molar-refractivity contribution in [1.29, 1.82) is 0 Å². The average molecular weight is 341 g/mol. The summed E-state index contributed by atoms with van der Waals surface area (Å²) >= 11 is 0. The Balaban J connectivity index is 2.57. The highest BCUT2D eigenvalue weighted by Gasteiger charge is 2.44. The normalized spacial score (nSPS) is 15.7. The predicted octanol–water partition coefficient (Wildman–Crippen LogP) is 3.99. The summed E-state index contributed by atoms with van der Waals surface area (Å²) in [6.07, 6.45) is 0.116. The van der Waals surface area contributed by atoms with E-state index in [9.17, 15) is 4.79 Å². The predicted molar refractivity (Wildman–Crippen MR) is 99.6 cm³/mol. The number of nitrogens with two attached hydrogens (primary N) is 1. The number of carbonyl (C=O) groups excluding carboxylic acids is 1. The van der Waals surface area contributed by atoms with Crippen LogP contribution >= 0.6 is 0 Å².